The van der Waals surface area contributed by atoms with E-state index in [1.165, 1.54) is 16.0 Å². The zero-order valence-electron chi connectivity index (χ0n) is 11.4. The van der Waals surface area contributed by atoms with Crippen molar-refractivity contribution in [3.8, 4) is 0 Å². The van der Waals surface area contributed by atoms with Crippen LogP contribution in [0.4, 0.5) is 0 Å². The van der Waals surface area contributed by atoms with Crippen molar-refractivity contribution in [3.63, 3.8) is 0 Å². The van der Waals surface area contributed by atoms with Crippen LogP contribution >= 0.6 is 11.3 Å². The van der Waals surface area contributed by atoms with E-state index in [0.717, 1.165) is 15.2 Å². The molecule has 0 aliphatic heterocycles. The maximum Gasteiger partial charge on any atom is 0.273 e. The molecule has 2 heterocycles. The molecule has 0 spiro atoms. The van der Waals surface area contributed by atoms with Crippen molar-refractivity contribution in [1.29, 1.82) is 0 Å². The van der Waals surface area contributed by atoms with Gasteiger partial charge >= 0.3 is 0 Å². The molecule has 0 saturated heterocycles. The average Bonchev–Trinajstić information content (AvgIpc) is 2.95. The number of hydrogen-bond acceptors (Lipinski definition) is 4. The van der Waals surface area contributed by atoms with Crippen LogP contribution in [0.15, 0.2) is 58.1 Å². The number of nitrogens with one attached hydrogen (secondary N) is 1. The van der Waals surface area contributed by atoms with E-state index in [9.17, 15) is 9.59 Å². The molecule has 108 valence electrons. The molecule has 0 aliphatic rings. The minimum Gasteiger partial charge on any atom is -0.267 e. The smallest absolute Gasteiger partial charge is 0.267 e. The Morgan fingerprint density at radius 1 is 1.00 bits per heavy atom. The van der Waals surface area contributed by atoms with E-state index in [2.05, 4.69) is 10.1 Å². The summed E-state index contributed by atoms with van der Waals surface area (Å²) in [5.41, 5.74) is 0.421. The number of hydrogen-bond donors (Lipinski definition) is 1. The molecule has 2 aromatic carbocycles. The van der Waals surface area contributed by atoms with Crippen LogP contribution < -0.4 is 11.1 Å². The van der Waals surface area contributed by atoms with Crippen LogP contribution in [0.1, 0.15) is 5.01 Å². The highest BCUT2D eigenvalue weighted by atomic mass is 32.1. The van der Waals surface area contributed by atoms with Gasteiger partial charge in [-0.25, -0.2) is 9.67 Å². The second-order valence-corrected chi connectivity index (χ2v) is 6.07. The number of H-pyrrole nitrogens is 1. The summed E-state index contributed by atoms with van der Waals surface area (Å²) in [5.74, 6) is 0. The molecule has 22 heavy (non-hydrogen) atoms. The molecule has 2 aromatic heterocycles. The normalized spacial score (nSPS) is 11.3. The van der Waals surface area contributed by atoms with Crippen molar-refractivity contribution in [3.05, 3.63) is 74.2 Å². The van der Waals surface area contributed by atoms with Crippen LogP contribution in [0.2, 0.25) is 0 Å². The number of aromatic amines is 1. The lowest BCUT2D eigenvalue weighted by atomic mass is 10.2. The fraction of sp³-hybridized carbons (Fsp3) is 0.0625. The first-order valence-corrected chi connectivity index (χ1v) is 7.60. The molecule has 0 unspecified atom stereocenters. The monoisotopic (exact) mass is 309 g/mol. The van der Waals surface area contributed by atoms with Gasteiger partial charge in [-0.3, -0.25) is 14.7 Å². The predicted octanol–water partition coefficient (Wildman–Crippen LogP) is 2.35. The van der Waals surface area contributed by atoms with Crippen molar-refractivity contribution < 1.29 is 0 Å². The minimum absolute atomic E-state index is 0.213. The van der Waals surface area contributed by atoms with Crippen LogP contribution in [0, 0.1) is 0 Å². The summed E-state index contributed by atoms with van der Waals surface area (Å²) in [6.45, 7) is 0.262. The number of nitrogens with zero attached hydrogens (tertiary/aromatic N) is 2. The molecule has 0 bridgehead atoms. The molecule has 0 fully saturated rings. The minimum atomic E-state index is -0.267. The third-order valence-corrected chi connectivity index (χ3v) is 4.54. The molecule has 0 radical (unpaired) electrons. The molecule has 0 aliphatic carbocycles. The topological polar surface area (TPSA) is 67.8 Å². The number of fused-ring (bicyclic) bond motifs is 2. The Bertz CT molecular complexity index is 1070. The van der Waals surface area contributed by atoms with Crippen molar-refractivity contribution in [2.24, 2.45) is 0 Å². The lowest BCUT2D eigenvalue weighted by molar-refractivity contribution is 0.635. The van der Waals surface area contributed by atoms with E-state index in [1.54, 1.807) is 24.3 Å². The number of aromatic nitrogens is 3. The highest BCUT2D eigenvalue weighted by Crippen LogP contribution is 2.21. The molecular weight excluding hydrogens is 298 g/mol. The van der Waals surface area contributed by atoms with Crippen molar-refractivity contribution in [2.75, 3.05) is 0 Å². The quantitative estimate of drug-likeness (QED) is 0.618. The van der Waals surface area contributed by atoms with Gasteiger partial charge in [0.1, 0.15) is 5.01 Å². The fourth-order valence-electron chi connectivity index (χ4n) is 2.48. The van der Waals surface area contributed by atoms with Crippen LogP contribution in [0.25, 0.3) is 21.0 Å². The van der Waals surface area contributed by atoms with Crippen LogP contribution in [0.5, 0.6) is 0 Å². The van der Waals surface area contributed by atoms with E-state index in [-0.39, 0.29) is 17.7 Å². The van der Waals surface area contributed by atoms with E-state index in [1.807, 2.05) is 24.3 Å². The third-order valence-electron chi connectivity index (χ3n) is 3.52. The summed E-state index contributed by atoms with van der Waals surface area (Å²) in [4.78, 5) is 29.0. The summed E-state index contributed by atoms with van der Waals surface area (Å²) >= 11 is 1.52. The highest BCUT2D eigenvalue weighted by molar-refractivity contribution is 7.18. The predicted molar refractivity (Wildman–Crippen MR) is 87.6 cm³/mol. The van der Waals surface area contributed by atoms with E-state index >= 15 is 0 Å². The van der Waals surface area contributed by atoms with Crippen molar-refractivity contribution in [1.82, 2.24) is 14.8 Å². The van der Waals surface area contributed by atoms with Gasteiger partial charge in [0.15, 0.2) is 0 Å². The number of thiazole rings is 1. The summed E-state index contributed by atoms with van der Waals surface area (Å²) in [7, 11) is 0. The van der Waals surface area contributed by atoms with Gasteiger partial charge in [-0.05, 0) is 24.3 Å². The zero-order chi connectivity index (χ0) is 15.1. The van der Waals surface area contributed by atoms with Gasteiger partial charge in [0.05, 0.1) is 27.5 Å². The maximum atomic E-state index is 12.5. The van der Waals surface area contributed by atoms with Gasteiger partial charge in [-0.2, -0.15) is 0 Å². The van der Waals surface area contributed by atoms with Gasteiger partial charge in [-0.15, -0.1) is 11.3 Å². The molecule has 0 amide bonds. The number of benzene rings is 2. The molecule has 1 N–H and O–H groups in total. The van der Waals surface area contributed by atoms with E-state index in [4.69, 9.17) is 0 Å². The SMILES string of the molecule is O=c1[nH]n(Cc2nc3ccccc3s2)c(=O)c2ccccc12. The first-order valence-electron chi connectivity index (χ1n) is 6.79. The Kier molecular flexibility index (Phi) is 2.90. The molecule has 0 atom stereocenters. The van der Waals surface area contributed by atoms with Crippen LogP contribution in [-0.2, 0) is 6.54 Å². The second-order valence-electron chi connectivity index (χ2n) is 4.95. The average molecular weight is 309 g/mol. The van der Waals surface area contributed by atoms with Gasteiger partial charge in [0.2, 0.25) is 0 Å². The Labute approximate surface area is 128 Å². The molecule has 0 saturated carbocycles. The molecule has 4 aromatic rings. The standard InChI is InChI=1S/C16H11N3O2S/c20-15-10-5-1-2-6-11(10)16(21)19(18-15)9-14-17-12-7-3-4-8-13(12)22-14/h1-8H,9H2,(H,18,20). The van der Waals surface area contributed by atoms with Crippen LogP contribution in [0.3, 0.4) is 0 Å². The Hall–Kier alpha value is -2.73. The molecule has 5 nitrogen and oxygen atoms in total. The van der Waals surface area contributed by atoms with Gasteiger partial charge < -0.3 is 0 Å². The maximum absolute atomic E-state index is 12.5. The van der Waals surface area contributed by atoms with Gasteiger partial charge in [0, 0.05) is 0 Å². The zero-order valence-corrected chi connectivity index (χ0v) is 12.3. The molecule has 6 heteroatoms. The van der Waals surface area contributed by atoms with Crippen molar-refractivity contribution in [2.45, 2.75) is 6.54 Å². The Morgan fingerprint density at radius 3 is 2.55 bits per heavy atom. The summed E-state index contributed by atoms with van der Waals surface area (Å²) in [5, 5.41) is 4.25. The van der Waals surface area contributed by atoms with E-state index < -0.39 is 0 Å². The largest absolute Gasteiger partial charge is 0.273 e. The summed E-state index contributed by atoms with van der Waals surface area (Å²) < 4.78 is 2.39. The first-order chi connectivity index (χ1) is 10.7. The fourth-order valence-corrected chi connectivity index (χ4v) is 3.44. The van der Waals surface area contributed by atoms with Crippen molar-refractivity contribution >= 4 is 32.3 Å². The van der Waals surface area contributed by atoms with Gasteiger partial charge in [0.25, 0.3) is 11.1 Å². The first kappa shape index (κ1) is 13.0. The third kappa shape index (κ3) is 2.05. The second kappa shape index (κ2) is 4.92. The summed E-state index contributed by atoms with van der Waals surface area (Å²) in [6, 6.07) is 14.6. The summed E-state index contributed by atoms with van der Waals surface area (Å²) in [6.07, 6.45) is 0. The Morgan fingerprint density at radius 2 is 1.73 bits per heavy atom. The van der Waals surface area contributed by atoms with Crippen LogP contribution in [-0.4, -0.2) is 14.8 Å². The lowest BCUT2D eigenvalue weighted by Gasteiger charge is -2.04. The molecular formula is C16H11N3O2S. The lowest BCUT2D eigenvalue weighted by Crippen LogP contribution is -2.30. The molecule has 4 rings (SSSR count). The number of rotatable bonds is 2. The van der Waals surface area contributed by atoms with Gasteiger partial charge in [-0.1, -0.05) is 24.3 Å². The highest BCUT2D eigenvalue weighted by Gasteiger charge is 2.09. The van der Waals surface area contributed by atoms with E-state index in [0.29, 0.717) is 10.8 Å². The number of para-hydroxylation sites is 1. The Balaban J connectivity index is 1.86.